The van der Waals surface area contributed by atoms with Crippen LogP contribution in [-0.4, -0.2) is 83.0 Å². The number of amides is 2. The number of urea groups is 1. The molecular weight excluding hydrogens is 294 g/mol. The van der Waals surface area contributed by atoms with Crippen LogP contribution in [0.2, 0.25) is 0 Å². The van der Waals surface area contributed by atoms with E-state index in [0.29, 0.717) is 5.75 Å². The fourth-order valence-electron chi connectivity index (χ4n) is 2.64. The highest BCUT2D eigenvalue weighted by Gasteiger charge is 2.39. The lowest BCUT2D eigenvalue weighted by atomic mass is 10.2. The first kappa shape index (κ1) is 16.4. The van der Waals surface area contributed by atoms with Gasteiger partial charge in [0.1, 0.15) is 6.04 Å². The first-order valence-electron chi connectivity index (χ1n) is 7.22. The van der Waals surface area contributed by atoms with Crippen molar-refractivity contribution in [2.24, 2.45) is 0 Å². The molecule has 0 saturated carbocycles. The standard InChI is InChI=1S/C13H23N3O4S/c1-9(7-15-3-5-20-6-4-15)14-13(19)16-10(2)21-8-11(16)12(17)18/h9-11H,3-8H2,1-2H3,(H,14,19)(H,17,18). The summed E-state index contributed by atoms with van der Waals surface area (Å²) in [6.07, 6.45) is 0. The van der Waals surface area contributed by atoms with Crippen LogP contribution in [0, 0.1) is 0 Å². The van der Waals surface area contributed by atoms with Gasteiger partial charge in [-0.15, -0.1) is 11.8 Å². The highest BCUT2D eigenvalue weighted by Crippen LogP contribution is 2.28. The highest BCUT2D eigenvalue weighted by molar-refractivity contribution is 8.00. The largest absolute Gasteiger partial charge is 0.480 e. The number of carbonyl (C=O) groups excluding carboxylic acids is 1. The summed E-state index contributed by atoms with van der Waals surface area (Å²) in [5.74, 6) is -0.496. The first-order valence-corrected chi connectivity index (χ1v) is 8.27. The molecule has 2 saturated heterocycles. The van der Waals surface area contributed by atoms with Crippen molar-refractivity contribution in [3.05, 3.63) is 0 Å². The van der Waals surface area contributed by atoms with Gasteiger partial charge in [-0.2, -0.15) is 0 Å². The number of carbonyl (C=O) groups is 2. The maximum atomic E-state index is 12.3. The van der Waals surface area contributed by atoms with Gasteiger partial charge in [0.05, 0.1) is 18.6 Å². The molecule has 3 unspecified atom stereocenters. The van der Waals surface area contributed by atoms with E-state index in [-0.39, 0.29) is 17.4 Å². The number of carboxylic acid groups (broad SMARTS) is 1. The van der Waals surface area contributed by atoms with Gasteiger partial charge in [0.2, 0.25) is 0 Å². The minimum Gasteiger partial charge on any atom is -0.480 e. The number of thioether (sulfide) groups is 1. The van der Waals surface area contributed by atoms with Gasteiger partial charge in [0, 0.05) is 31.4 Å². The third-order valence-electron chi connectivity index (χ3n) is 3.75. The van der Waals surface area contributed by atoms with Crippen LogP contribution in [0.4, 0.5) is 4.79 Å². The summed E-state index contributed by atoms with van der Waals surface area (Å²) < 4.78 is 5.29. The van der Waals surface area contributed by atoms with E-state index in [9.17, 15) is 14.7 Å². The van der Waals surface area contributed by atoms with Crippen molar-refractivity contribution < 1.29 is 19.4 Å². The number of nitrogens with one attached hydrogen (secondary N) is 1. The first-order chi connectivity index (χ1) is 9.99. The number of aliphatic carboxylic acids is 1. The average Bonchev–Trinajstić information content (AvgIpc) is 2.81. The molecule has 2 N–H and O–H groups in total. The molecule has 3 atom stereocenters. The van der Waals surface area contributed by atoms with E-state index in [2.05, 4.69) is 10.2 Å². The molecule has 0 aliphatic carbocycles. The second-order valence-electron chi connectivity index (χ2n) is 5.46. The number of ether oxygens (including phenoxy) is 1. The molecule has 21 heavy (non-hydrogen) atoms. The van der Waals surface area contributed by atoms with E-state index in [1.807, 2.05) is 13.8 Å². The van der Waals surface area contributed by atoms with Crippen molar-refractivity contribution in [2.45, 2.75) is 31.3 Å². The van der Waals surface area contributed by atoms with Gasteiger partial charge in [-0.1, -0.05) is 0 Å². The van der Waals surface area contributed by atoms with Crippen LogP contribution >= 0.6 is 11.8 Å². The molecule has 0 aromatic carbocycles. The summed E-state index contributed by atoms with van der Waals surface area (Å²) in [4.78, 5) is 27.2. The molecular formula is C13H23N3O4S. The molecule has 2 fully saturated rings. The predicted octanol–water partition coefficient (Wildman–Crippen LogP) is 0.265. The maximum Gasteiger partial charge on any atom is 0.327 e. The van der Waals surface area contributed by atoms with Gasteiger partial charge < -0.3 is 15.2 Å². The van der Waals surface area contributed by atoms with Crippen molar-refractivity contribution in [3.8, 4) is 0 Å². The minimum absolute atomic E-state index is 0.0251. The van der Waals surface area contributed by atoms with Crippen LogP contribution in [0.15, 0.2) is 0 Å². The quantitative estimate of drug-likeness (QED) is 0.774. The second-order valence-corrected chi connectivity index (χ2v) is 6.81. The third kappa shape index (κ3) is 4.24. The molecule has 2 rings (SSSR count). The summed E-state index contributed by atoms with van der Waals surface area (Å²) in [5, 5.41) is 12.0. The molecule has 7 nitrogen and oxygen atoms in total. The topological polar surface area (TPSA) is 82.1 Å². The zero-order valence-corrected chi connectivity index (χ0v) is 13.3. The second kappa shape index (κ2) is 7.33. The van der Waals surface area contributed by atoms with Crippen molar-refractivity contribution in [1.82, 2.24) is 15.1 Å². The zero-order valence-electron chi connectivity index (χ0n) is 12.4. The Morgan fingerprint density at radius 3 is 2.71 bits per heavy atom. The maximum absolute atomic E-state index is 12.3. The molecule has 0 radical (unpaired) electrons. The molecule has 2 amide bonds. The van der Waals surface area contributed by atoms with Gasteiger partial charge in [0.25, 0.3) is 0 Å². The van der Waals surface area contributed by atoms with Crippen molar-refractivity contribution in [1.29, 1.82) is 0 Å². The van der Waals surface area contributed by atoms with E-state index in [0.717, 1.165) is 32.8 Å². The minimum atomic E-state index is -0.942. The highest BCUT2D eigenvalue weighted by atomic mass is 32.2. The normalized spacial score (nSPS) is 28.4. The smallest absolute Gasteiger partial charge is 0.327 e. The summed E-state index contributed by atoms with van der Waals surface area (Å²) in [6, 6.07) is -1.05. The number of hydrogen-bond acceptors (Lipinski definition) is 5. The lowest BCUT2D eigenvalue weighted by molar-refractivity contribution is -0.141. The number of hydrogen-bond donors (Lipinski definition) is 2. The molecule has 0 aromatic rings. The van der Waals surface area contributed by atoms with Crippen molar-refractivity contribution in [2.75, 3.05) is 38.6 Å². The number of morpholine rings is 1. The van der Waals surface area contributed by atoms with Gasteiger partial charge in [-0.05, 0) is 13.8 Å². The Bertz CT molecular complexity index is 390. The Labute approximate surface area is 129 Å². The van der Waals surface area contributed by atoms with E-state index in [4.69, 9.17) is 4.74 Å². The van der Waals surface area contributed by atoms with E-state index in [1.165, 1.54) is 16.7 Å². The van der Waals surface area contributed by atoms with Crippen molar-refractivity contribution >= 4 is 23.8 Å². The molecule has 2 aliphatic heterocycles. The zero-order chi connectivity index (χ0) is 15.4. The molecule has 8 heteroatoms. The van der Waals surface area contributed by atoms with E-state index in [1.54, 1.807) is 0 Å². The van der Waals surface area contributed by atoms with Crippen LogP contribution in [0.3, 0.4) is 0 Å². The van der Waals surface area contributed by atoms with Gasteiger partial charge in [-0.3, -0.25) is 9.80 Å². The van der Waals surface area contributed by atoms with Crippen molar-refractivity contribution in [3.63, 3.8) is 0 Å². The molecule has 0 bridgehead atoms. The Morgan fingerprint density at radius 2 is 2.10 bits per heavy atom. The molecule has 2 aliphatic rings. The summed E-state index contributed by atoms with van der Waals surface area (Å²) in [6.45, 7) is 7.74. The van der Waals surface area contributed by atoms with Gasteiger partial charge >= 0.3 is 12.0 Å². The Balaban J connectivity index is 1.85. The number of carboxylic acids is 1. The van der Waals surface area contributed by atoms with E-state index >= 15 is 0 Å². The van der Waals surface area contributed by atoms with E-state index < -0.39 is 12.0 Å². The van der Waals surface area contributed by atoms with Crippen LogP contribution in [0.5, 0.6) is 0 Å². The summed E-state index contributed by atoms with van der Waals surface area (Å²) >= 11 is 1.49. The molecule has 0 aromatic heterocycles. The molecule has 0 spiro atoms. The number of rotatable bonds is 4. The Hall–Kier alpha value is -0.990. The van der Waals surface area contributed by atoms with Crippen LogP contribution in [0.1, 0.15) is 13.8 Å². The van der Waals surface area contributed by atoms with Crippen LogP contribution in [-0.2, 0) is 9.53 Å². The van der Waals surface area contributed by atoms with Crippen LogP contribution in [0.25, 0.3) is 0 Å². The van der Waals surface area contributed by atoms with Crippen LogP contribution < -0.4 is 5.32 Å². The average molecular weight is 317 g/mol. The predicted molar refractivity (Wildman–Crippen MR) is 80.4 cm³/mol. The fourth-order valence-corrected chi connectivity index (χ4v) is 3.81. The summed E-state index contributed by atoms with van der Waals surface area (Å²) in [5.41, 5.74) is 0. The van der Waals surface area contributed by atoms with Gasteiger partial charge in [0.15, 0.2) is 0 Å². The fraction of sp³-hybridized carbons (Fsp3) is 0.846. The lowest BCUT2D eigenvalue weighted by Crippen LogP contribution is -2.53. The SMILES string of the molecule is CC(CN1CCOCC1)NC(=O)N1C(C)SCC1C(=O)O. The molecule has 120 valence electrons. The Morgan fingerprint density at radius 1 is 1.43 bits per heavy atom. The molecule has 2 heterocycles. The van der Waals surface area contributed by atoms with Gasteiger partial charge in [-0.25, -0.2) is 9.59 Å². The summed E-state index contributed by atoms with van der Waals surface area (Å²) in [7, 11) is 0. The third-order valence-corrected chi connectivity index (χ3v) is 4.97. The lowest BCUT2D eigenvalue weighted by Gasteiger charge is -2.31. The Kier molecular flexibility index (Phi) is 5.72. The number of nitrogens with zero attached hydrogens (tertiary/aromatic N) is 2. The monoisotopic (exact) mass is 317 g/mol.